The second-order valence-electron chi connectivity index (χ2n) is 5.30. The highest BCUT2D eigenvalue weighted by atomic mass is 16.4. The van der Waals surface area contributed by atoms with E-state index in [-0.39, 0.29) is 12.3 Å². The van der Waals surface area contributed by atoms with Gasteiger partial charge in [0.15, 0.2) is 0 Å². The van der Waals surface area contributed by atoms with Crippen molar-refractivity contribution in [2.75, 3.05) is 5.32 Å². The quantitative estimate of drug-likeness (QED) is 0.860. The molecule has 22 heavy (non-hydrogen) atoms. The van der Waals surface area contributed by atoms with Crippen LogP contribution in [0.3, 0.4) is 0 Å². The second-order valence-corrected chi connectivity index (χ2v) is 5.30. The molecule has 0 radical (unpaired) electrons. The van der Waals surface area contributed by atoms with E-state index in [1.165, 1.54) is 5.56 Å². The van der Waals surface area contributed by atoms with Gasteiger partial charge in [0.25, 0.3) is 0 Å². The van der Waals surface area contributed by atoms with Gasteiger partial charge in [0.1, 0.15) is 0 Å². The molecule has 2 aromatic rings. The van der Waals surface area contributed by atoms with Crippen molar-refractivity contribution in [3.05, 3.63) is 65.2 Å². The molecule has 0 bridgehead atoms. The highest BCUT2D eigenvalue weighted by molar-refractivity contribution is 5.92. The van der Waals surface area contributed by atoms with Crippen LogP contribution in [0.1, 0.15) is 23.1 Å². The van der Waals surface area contributed by atoms with E-state index in [4.69, 9.17) is 5.11 Å². The zero-order chi connectivity index (χ0) is 15.9. The van der Waals surface area contributed by atoms with Gasteiger partial charge in [-0.25, -0.2) is 0 Å². The summed E-state index contributed by atoms with van der Waals surface area (Å²) in [5.41, 5.74) is 3.80. The highest BCUT2D eigenvalue weighted by Gasteiger charge is 2.05. The maximum absolute atomic E-state index is 12.0. The van der Waals surface area contributed by atoms with Crippen molar-refractivity contribution >= 4 is 17.6 Å². The van der Waals surface area contributed by atoms with Crippen molar-refractivity contribution < 1.29 is 14.7 Å². The van der Waals surface area contributed by atoms with Gasteiger partial charge >= 0.3 is 5.97 Å². The van der Waals surface area contributed by atoms with Crippen LogP contribution in [0.15, 0.2) is 48.5 Å². The highest BCUT2D eigenvalue weighted by Crippen LogP contribution is 2.12. The van der Waals surface area contributed by atoms with Crippen LogP contribution < -0.4 is 5.32 Å². The second kappa shape index (κ2) is 7.41. The third-order valence-electron chi connectivity index (χ3n) is 3.35. The smallest absolute Gasteiger partial charge is 0.303 e. The molecule has 0 unspecified atom stereocenters. The number of hydrogen-bond donors (Lipinski definition) is 2. The van der Waals surface area contributed by atoms with Crippen molar-refractivity contribution in [2.45, 2.75) is 26.2 Å². The Morgan fingerprint density at radius 2 is 1.55 bits per heavy atom. The van der Waals surface area contributed by atoms with E-state index in [1.54, 1.807) is 12.1 Å². The summed E-state index contributed by atoms with van der Waals surface area (Å²) in [5, 5.41) is 11.5. The summed E-state index contributed by atoms with van der Waals surface area (Å²) >= 11 is 0. The number of anilines is 1. The number of rotatable bonds is 6. The van der Waals surface area contributed by atoms with Gasteiger partial charge < -0.3 is 10.4 Å². The third-order valence-corrected chi connectivity index (χ3v) is 3.35. The minimum atomic E-state index is -0.810. The summed E-state index contributed by atoms with van der Waals surface area (Å²) in [5.74, 6) is -0.877. The van der Waals surface area contributed by atoms with Crippen molar-refractivity contribution in [2.24, 2.45) is 0 Å². The van der Waals surface area contributed by atoms with Crippen LogP contribution in [0.2, 0.25) is 0 Å². The Balaban J connectivity index is 1.88. The van der Waals surface area contributed by atoms with Crippen LogP contribution in [0.25, 0.3) is 0 Å². The molecule has 0 aliphatic carbocycles. The van der Waals surface area contributed by atoms with Crippen LogP contribution in [0.5, 0.6) is 0 Å². The Kier molecular flexibility index (Phi) is 5.31. The summed E-state index contributed by atoms with van der Waals surface area (Å²) in [6.07, 6.45) is 0.938. The standard InChI is InChI=1S/C18H19NO3/c1-13-2-4-15(5-3-13)12-17(20)19-16-9-6-14(7-10-16)8-11-18(21)22/h2-7,9-10H,8,11-12H2,1H3,(H,19,20)(H,21,22). The van der Waals surface area contributed by atoms with E-state index in [0.717, 1.165) is 16.8 Å². The van der Waals surface area contributed by atoms with Crippen LogP contribution >= 0.6 is 0 Å². The predicted octanol–water partition coefficient (Wildman–Crippen LogP) is 3.19. The lowest BCUT2D eigenvalue weighted by atomic mass is 10.1. The fourth-order valence-corrected chi connectivity index (χ4v) is 2.10. The summed E-state index contributed by atoms with van der Waals surface area (Å²) in [4.78, 5) is 22.5. The van der Waals surface area contributed by atoms with E-state index in [2.05, 4.69) is 5.32 Å². The predicted molar refractivity (Wildman–Crippen MR) is 85.9 cm³/mol. The lowest BCUT2D eigenvalue weighted by Gasteiger charge is -2.07. The number of nitrogens with one attached hydrogen (secondary N) is 1. The molecule has 2 aromatic carbocycles. The first kappa shape index (κ1) is 15.8. The number of carboxylic acids is 1. The Labute approximate surface area is 129 Å². The molecule has 0 aliphatic heterocycles. The van der Waals surface area contributed by atoms with Gasteiger partial charge in [-0.1, -0.05) is 42.0 Å². The molecule has 4 nitrogen and oxygen atoms in total. The fourth-order valence-electron chi connectivity index (χ4n) is 2.10. The Hall–Kier alpha value is -2.62. The Morgan fingerprint density at radius 1 is 0.955 bits per heavy atom. The van der Waals surface area contributed by atoms with E-state index in [9.17, 15) is 9.59 Å². The first-order valence-corrected chi connectivity index (χ1v) is 7.19. The first-order chi connectivity index (χ1) is 10.5. The summed E-state index contributed by atoms with van der Waals surface area (Å²) in [6.45, 7) is 2.01. The van der Waals surface area contributed by atoms with E-state index in [0.29, 0.717) is 12.8 Å². The first-order valence-electron chi connectivity index (χ1n) is 7.19. The Morgan fingerprint density at radius 3 is 2.14 bits per heavy atom. The molecule has 1 amide bonds. The fraction of sp³-hybridized carbons (Fsp3) is 0.222. The summed E-state index contributed by atoms with van der Waals surface area (Å²) in [6, 6.07) is 15.1. The maximum atomic E-state index is 12.0. The minimum Gasteiger partial charge on any atom is -0.481 e. The average molecular weight is 297 g/mol. The van der Waals surface area contributed by atoms with Gasteiger partial charge in [-0.15, -0.1) is 0 Å². The van der Waals surface area contributed by atoms with Crippen molar-refractivity contribution in [3.8, 4) is 0 Å². The van der Waals surface area contributed by atoms with Gasteiger partial charge in [0.05, 0.1) is 6.42 Å². The summed E-state index contributed by atoms with van der Waals surface area (Å²) in [7, 11) is 0. The lowest BCUT2D eigenvalue weighted by molar-refractivity contribution is -0.137. The molecule has 0 fully saturated rings. The molecule has 114 valence electrons. The van der Waals surface area contributed by atoms with Crippen molar-refractivity contribution in [3.63, 3.8) is 0 Å². The minimum absolute atomic E-state index is 0.0675. The number of benzene rings is 2. The number of aryl methyl sites for hydroxylation is 2. The number of carbonyl (C=O) groups excluding carboxylic acids is 1. The molecule has 0 saturated heterocycles. The zero-order valence-corrected chi connectivity index (χ0v) is 12.5. The number of hydrogen-bond acceptors (Lipinski definition) is 2. The molecule has 4 heteroatoms. The third kappa shape index (κ3) is 5.05. The molecule has 2 rings (SSSR count). The van der Waals surface area contributed by atoms with E-state index < -0.39 is 5.97 Å². The molecule has 0 aliphatic rings. The van der Waals surface area contributed by atoms with Crippen LogP contribution in [0.4, 0.5) is 5.69 Å². The molecule has 0 spiro atoms. The number of aliphatic carboxylic acids is 1. The van der Waals surface area contributed by atoms with Crippen molar-refractivity contribution in [1.82, 2.24) is 0 Å². The van der Waals surface area contributed by atoms with E-state index >= 15 is 0 Å². The van der Waals surface area contributed by atoms with E-state index in [1.807, 2.05) is 43.3 Å². The van der Waals surface area contributed by atoms with Gasteiger partial charge in [-0.05, 0) is 36.6 Å². The van der Waals surface area contributed by atoms with Gasteiger partial charge in [-0.3, -0.25) is 9.59 Å². The Bertz CT molecular complexity index is 645. The SMILES string of the molecule is Cc1ccc(CC(=O)Nc2ccc(CCC(=O)O)cc2)cc1. The lowest BCUT2D eigenvalue weighted by Crippen LogP contribution is -2.14. The molecular weight excluding hydrogens is 278 g/mol. The summed E-state index contributed by atoms with van der Waals surface area (Å²) < 4.78 is 0. The monoisotopic (exact) mass is 297 g/mol. The number of amides is 1. The van der Waals surface area contributed by atoms with Gasteiger partial charge in [0.2, 0.25) is 5.91 Å². The van der Waals surface area contributed by atoms with Crippen molar-refractivity contribution in [1.29, 1.82) is 0 Å². The average Bonchev–Trinajstić information content (AvgIpc) is 2.49. The van der Waals surface area contributed by atoms with Crippen LogP contribution in [-0.2, 0) is 22.4 Å². The van der Waals surface area contributed by atoms with Crippen LogP contribution in [-0.4, -0.2) is 17.0 Å². The normalized spacial score (nSPS) is 10.2. The van der Waals surface area contributed by atoms with Crippen LogP contribution in [0, 0.1) is 6.92 Å². The molecule has 2 N–H and O–H groups in total. The largest absolute Gasteiger partial charge is 0.481 e. The van der Waals surface area contributed by atoms with Gasteiger partial charge in [-0.2, -0.15) is 0 Å². The topological polar surface area (TPSA) is 66.4 Å². The maximum Gasteiger partial charge on any atom is 0.303 e. The number of carbonyl (C=O) groups is 2. The van der Waals surface area contributed by atoms with Gasteiger partial charge in [0, 0.05) is 12.1 Å². The molecule has 0 aromatic heterocycles. The number of carboxylic acid groups (broad SMARTS) is 1. The molecule has 0 saturated carbocycles. The molecular formula is C18H19NO3. The molecule has 0 heterocycles. The zero-order valence-electron chi connectivity index (χ0n) is 12.5. The molecule has 0 atom stereocenters.